The molecule has 3 aromatic rings. The van der Waals surface area contributed by atoms with Crippen LogP contribution < -0.4 is 15.7 Å². The molecule has 0 bridgehead atoms. The lowest BCUT2D eigenvalue weighted by Gasteiger charge is -2.14. The van der Waals surface area contributed by atoms with E-state index in [1.54, 1.807) is 7.11 Å². The van der Waals surface area contributed by atoms with E-state index in [0.717, 1.165) is 28.9 Å². The highest BCUT2D eigenvalue weighted by atomic mass is 16.5. The van der Waals surface area contributed by atoms with E-state index in [1.807, 2.05) is 42.5 Å². The van der Waals surface area contributed by atoms with Crippen LogP contribution in [0.25, 0.3) is 11.0 Å². The van der Waals surface area contributed by atoms with Crippen molar-refractivity contribution in [1.29, 1.82) is 0 Å². The minimum absolute atomic E-state index is 0.175. The number of benzene rings is 2. The van der Waals surface area contributed by atoms with Gasteiger partial charge in [-0.1, -0.05) is 18.2 Å². The summed E-state index contributed by atoms with van der Waals surface area (Å²) < 4.78 is 5.15. The van der Waals surface area contributed by atoms with Crippen LogP contribution in [0.4, 0.5) is 0 Å². The highest BCUT2D eigenvalue weighted by Crippen LogP contribution is 2.18. The van der Waals surface area contributed by atoms with Gasteiger partial charge in [-0.25, -0.2) is 4.79 Å². The second-order valence-electron chi connectivity index (χ2n) is 5.33. The van der Waals surface area contributed by atoms with Crippen LogP contribution in [0, 0.1) is 0 Å². The number of hydrogen-bond donors (Lipinski definition) is 3. The predicted octanol–water partition coefficient (Wildman–Crippen LogP) is 2.72. The highest BCUT2D eigenvalue weighted by molar-refractivity contribution is 5.75. The molecular formula is C17H19N3O2. The van der Waals surface area contributed by atoms with Crippen molar-refractivity contribution in [2.75, 3.05) is 7.11 Å². The first kappa shape index (κ1) is 14.4. The van der Waals surface area contributed by atoms with Crippen molar-refractivity contribution >= 4 is 11.0 Å². The summed E-state index contributed by atoms with van der Waals surface area (Å²) in [5.74, 6) is 0.860. The molecule has 5 nitrogen and oxygen atoms in total. The first-order valence-corrected chi connectivity index (χ1v) is 7.24. The summed E-state index contributed by atoms with van der Waals surface area (Å²) in [7, 11) is 1.66. The standard InChI is InChI=1S/C17H19N3O2/c1-11(18-10-12-3-6-14(22-2)7-4-12)13-5-8-15-16(9-13)20-17(21)19-15/h3-9,11,18H,10H2,1-2H3,(H2,19,20,21). The molecule has 0 fully saturated rings. The van der Waals surface area contributed by atoms with Crippen molar-refractivity contribution in [2.45, 2.75) is 19.5 Å². The summed E-state index contributed by atoms with van der Waals surface area (Å²) in [5, 5.41) is 3.48. The van der Waals surface area contributed by atoms with E-state index in [-0.39, 0.29) is 11.7 Å². The summed E-state index contributed by atoms with van der Waals surface area (Å²) >= 11 is 0. The molecule has 0 spiro atoms. The molecule has 3 rings (SSSR count). The van der Waals surface area contributed by atoms with Gasteiger partial charge in [0.15, 0.2) is 0 Å². The summed E-state index contributed by atoms with van der Waals surface area (Å²) in [6.07, 6.45) is 0. The molecule has 3 N–H and O–H groups in total. The summed E-state index contributed by atoms with van der Waals surface area (Å²) in [4.78, 5) is 16.8. The van der Waals surface area contributed by atoms with E-state index in [1.165, 1.54) is 5.56 Å². The third-order valence-corrected chi connectivity index (χ3v) is 3.81. The van der Waals surface area contributed by atoms with Gasteiger partial charge in [-0.3, -0.25) is 0 Å². The molecule has 1 heterocycles. The zero-order valence-corrected chi connectivity index (χ0v) is 12.6. The van der Waals surface area contributed by atoms with E-state index in [0.29, 0.717) is 0 Å². The average Bonchev–Trinajstić information content (AvgIpc) is 2.92. The van der Waals surface area contributed by atoms with Crippen molar-refractivity contribution in [2.24, 2.45) is 0 Å². The Hall–Kier alpha value is -2.53. The lowest BCUT2D eigenvalue weighted by Crippen LogP contribution is -2.18. The van der Waals surface area contributed by atoms with Gasteiger partial charge in [-0.2, -0.15) is 0 Å². The smallest absolute Gasteiger partial charge is 0.323 e. The minimum Gasteiger partial charge on any atom is -0.497 e. The molecule has 0 saturated carbocycles. The molecule has 0 amide bonds. The molecule has 0 aliphatic heterocycles. The number of rotatable bonds is 5. The number of hydrogen-bond acceptors (Lipinski definition) is 3. The van der Waals surface area contributed by atoms with Crippen LogP contribution in [-0.2, 0) is 6.54 Å². The highest BCUT2D eigenvalue weighted by Gasteiger charge is 2.07. The van der Waals surface area contributed by atoms with Gasteiger partial charge < -0.3 is 20.0 Å². The van der Waals surface area contributed by atoms with E-state index < -0.39 is 0 Å². The number of H-pyrrole nitrogens is 2. The van der Waals surface area contributed by atoms with E-state index in [2.05, 4.69) is 22.2 Å². The van der Waals surface area contributed by atoms with Crippen molar-refractivity contribution in [3.63, 3.8) is 0 Å². The lowest BCUT2D eigenvalue weighted by atomic mass is 10.1. The first-order valence-electron chi connectivity index (χ1n) is 7.24. The maximum absolute atomic E-state index is 11.3. The van der Waals surface area contributed by atoms with Crippen molar-refractivity contribution in [3.05, 3.63) is 64.1 Å². The Kier molecular flexibility index (Phi) is 3.98. The third kappa shape index (κ3) is 3.04. The maximum atomic E-state index is 11.3. The Labute approximate surface area is 128 Å². The summed E-state index contributed by atoms with van der Waals surface area (Å²) in [6.45, 7) is 2.88. The largest absolute Gasteiger partial charge is 0.497 e. The zero-order chi connectivity index (χ0) is 15.5. The van der Waals surface area contributed by atoms with Crippen molar-refractivity contribution < 1.29 is 4.74 Å². The number of aromatic nitrogens is 2. The van der Waals surface area contributed by atoms with Crippen LogP contribution in [-0.4, -0.2) is 17.1 Å². The fraction of sp³-hybridized carbons (Fsp3) is 0.235. The SMILES string of the molecule is COc1ccc(CNC(C)c2ccc3[nH]c(=O)[nH]c3c2)cc1. The number of nitrogens with one attached hydrogen (secondary N) is 3. The Morgan fingerprint density at radius 2 is 1.82 bits per heavy atom. The normalized spacial score (nSPS) is 12.5. The van der Waals surface area contributed by atoms with E-state index >= 15 is 0 Å². The molecule has 1 unspecified atom stereocenters. The lowest BCUT2D eigenvalue weighted by molar-refractivity contribution is 0.414. The van der Waals surface area contributed by atoms with Crippen LogP contribution in [0.1, 0.15) is 24.1 Å². The Morgan fingerprint density at radius 3 is 2.55 bits per heavy atom. The van der Waals surface area contributed by atoms with E-state index in [4.69, 9.17) is 4.74 Å². The number of methoxy groups -OCH3 is 1. The monoisotopic (exact) mass is 297 g/mol. The number of imidazole rings is 1. The zero-order valence-electron chi connectivity index (χ0n) is 12.6. The molecule has 5 heteroatoms. The molecule has 0 aliphatic rings. The van der Waals surface area contributed by atoms with E-state index in [9.17, 15) is 4.79 Å². The van der Waals surface area contributed by atoms with Gasteiger partial charge in [0.2, 0.25) is 0 Å². The number of aromatic amines is 2. The Balaban J connectivity index is 1.69. The summed E-state index contributed by atoms with van der Waals surface area (Å²) in [5.41, 5.74) is 3.82. The second kappa shape index (κ2) is 6.07. The van der Waals surface area contributed by atoms with Gasteiger partial charge in [0.1, 0.15) is 5.75 Å². The summed E-state index contributed by atoms with van der Waals surface area (Å²) in [6, 6.07) is 14.1. The van der Waals surface area contributed by atoms with Gasteiger partial charge >= 0.3 is 5.69 Å². The van der Waals surface area contributed by atoms with Gasteiger partial charge in [-0.05, 0) is 42.3 Å². The predicted molar refractivity (Wildman–Crippen MR) is 87.2 cm³/mol. The Bertz CT molecular complexity index is 818. The van der Waals surface area contributed by atoms with Gasteiger partial charge in [0, 0.05) is 12.6 Å². The minimum atomic E-state index is -0.175. The van der Waals surface area contributed by atoms with Gasteiger partial charge in [-0.15, -0.1) is 0 Å². The second-order valence-corrected chi connectivity index (χ2v) is 5.33. The van der Waals surface area contributed by atoms with Gasteiger partial charge in [0.05, 0.1) is 18.1 Å². The van der Waals surface area contributed by atoms with Crippen LogP contribution >= 0.6 is 0 Å². The fourth-order valence-corrected chi connectivity index (χ4v) is 2.45. The molecule has 0 saturated heterocycles. The van der Waals surface area contributed by atoms with Crippen LogP contribution in [0.15, 0.2) is 47.3 Å². The molecule has 0 aliphatic carbocycles. The molecular weight excluding hydrogens is 278 g/mol. The molecule has 22 heavy (non-hydrogen) atoms. The average molecular weight is 297 g/mol. The van der Waals surface area contributed by atoms with Gasteiger partial charge in [0.25, 0.3) is 0 Å². The van der Waals surface area contributed by atoms with Crippen LogP contribution in [0.5, 0.6) is 5.75 Å². The fourth-order valence-electron chi connectivity index (χ4n) is 2.45. The van der Waals surface area contributed by atoms with Crippen LogP contribution in [0.3, 0.4) is 0 Å². The number of ether oxygens (including phenoxy) is 1. The molecule has 2 aromatic carbocycles. The van der Waals surface area contributed by atoms with Crippen molar-refractivity contribution in [3.8, 4) is 5.75 Å². The molecule has 1 aromatic heterocycles. The number of fused-ring (bicyclic) bond motifs is 1. The van der Waals surface area contributed by atoms with Crippen molar-refractivity contribution in [1.82, 2.24) is 15.3 Å². The molecule has 0 radical (unpaired) electrons. The van der Waals surface area contributed by atoms with Crippen LogP contribution in [0.2, 0.25) is 0 Å². The maximum Gasteiger partial charge on any atom is 0.323 e. The Morgan fingerprint density at radius 1 is 1.09 bits per heavy atom. The first-order chi connectivity index (χ1) is 10.7. The molecule has 1 atom stereocenters. The molecule has 114 valence electrons. The quantitative estimate of drug-likeness (QED) is 0.678. The third-order valence-electron chi connectivity index (χ3n) is 3.81. The topological polar surface area (TPSA) is 69.9 Å².